The van der Waals surface area contributed by atoms with Crippen molar-refractivity contribution in [3.8, 4) is 0 Å². The van der Waals surface area contributed by atoms with Crippen LogP contribution in [-0.4, -0.2) is 41.4 Å². The van der Waals surface area contributed by atoms with Crippen LogP contribution in [-0.2, 0) is 16.1 Å². The maximum atomic E-state index is 13.0. The molecule has 31 heavy (non-hydrogen) atoms. The zero-order valence-corrected chi connectivity index (χ0v) is 18.2. The molecule has 0 aliphatic carbocycles. The van der Waals surface area contributed by atoms with Crippen LogP contribution in [0.15, 0.2) is 54.6 Å². The van der Waals surface area contributed by atoms with E-state index in [-0.39, 0.29) is 17.9 Å². The summed E-state index contributed by atoms with van der Waals surface area (Å²) in [7, 11) is 0. The zero-order valence-electron chi connectivity index (χ0n) is 18.2. The van der Waals surface area contributed by atoms with Crippen molar-refractivity contribution in [3.63, 3.8) is 0 Å². The lowest BCUT2D eigenvalue weighted by Gasteiger charge is -2.39. The number of piperidine rings is 1. The topological polar surface area (TPSA) is 52.7 Å². The maximum absolute atomic E-state index is 13.0. The second-order valence-corrected chi connectivity index (χ2v) is 9.39. The summed E-state index contributed by atoms with van der Waals surface area (Å²) in [6.07, 6.45) is 4.97. The number of rotatable bonds is 5. The van der Waals surface area contributed by atoms with Crippen molar-refractivity contribution < 1.29 is 9.59 Å². The van der Waals surface area contributed by atoms with Crippen LogP contribution in [0.25, 0.3) is 0 Å². The molecule has 3 aliphatic rings. The summed E-state index contributed by atoms with van der Waals surface area (Å²) in [5.74, 6) is -0.701. The second kappa shape index (κ2) is 8.46. The van der Waals surface area contributed by atoms with Gasteiger partial charge in [0.25, 0.3) is 0 Å². The molecule has 3 fully saturated rings. The number of amides is 2. The minimum absolute atomic E-state index is 0.0640. The number of fused-ring (bicyclic) bond motifs is 2. The van der Waals surface area contributed by atoms with Crippen molar-refractivity contribution in [1.29, 1.82) is 0 Å². The van der Waals surface area contributed by atoms with Crippen LogP contribution in [0.5, 0.6) is 0 Å². The van der Waals surface area contributed by atoms with Crippen molar-refractivity contribution >= 4 is 17.5 Å². The van der Waals surface area contributed by atoms with Gasteiger partial charge in [0.15, 0.2) is 0 Å². The average Bonchev–Trinajstić information content (AvgIpc) is 3.25. The molecule has 1 N–H and O–H groups in total. The van der Waals surface area contributed by atoms with Gasteiger partial charge in [-0.05, 0) is 56.7 Å². The fourth-order valence-electron chi connectivity index (χ4n) is 5.65. The lowest BCUT2D eigenvalue weighted by Crippen LogP contribution is -2.51. The van der Waals surface area contributed by atoms with Crippen molar-refractivity contribution in [2.75, 3.05) is 11.4 Å². The van der Waals surface area contributed by atoms with Gasteiger partial charge in [-0.15, -0.1) is 0 Å². The Kier molecular flexibility index (Phi) is 5.53. The molecule has 5 nitrogen and oxygen atoms in total. The Morgan fingerprint density at radius 2 is 1.65 bits per heavy atom. The van der Waals surface area contributed by atoms with Gasteiger partial charge in [0.2, 0.25) is 11.8 Å². The van der Waals surface area contributed by atoms with Crippen LogP contribution >= 0.6 is 0 Å². The molecule has 0 saturated carbocycles. The predicted octanol–water partition coefficient (Wildman–Crippen LogP) is 3.66. The molecular formula is C26H31N3O2. The standard InChI is InChI=1S/C26H31N3O2/c1-18-7-9-21(10-8-18)28-14-13-24(26(28)31)25(30)27-20-15-22-11-12-23(16-20)29(22)17-19-5-3-2-4-6-19/h2-10,20,22-24H,11-17H2,1H3,(H,27,30). The molecule has 0 aromatic heterocycles. The maximum Gasteiger partial charge on any atom is 0.239 e. The lowest BCUT2D eigenvalue weighted by atomic mass is 9.95. The molecule has 0 radical (unpaired) electrons. The van der Waals surface area contributed by atoms with E-state index in [4.69, 9.17) is 0 Å². The van der Waals surface area contributed by atoms with Gasteiger partial charge in [0.05, 0.1) is 0 Å². The molecule has 3 heterocycles. The number of benzene rings is 2. The molecule has 3 unspecified atom stereocenters. The first kappa shape index (κ1) is 20.3. The van der Waals surface area contributed by atoms with E-state index in [2.05, 4.69) is 40.5 Å². The number of anilines is 1. The Labute approximate surface area is 184 Å². The van der Waals surface area contributed by atoms with Crippen LogP contribution < -0.4 is 10.2 Å². The van der Waals surface area contributed by atoms with E-state index in [1.807, 2.05) is 31.2 Å². The molecule has 3 atom stereocenters. The van der Waals surface area contributed by atoms with Gasteiger partial charge in [0, 0.05) is 36.9 Å². The number of hydrogen-bond donors (Lipinski definition) is 1. The number of aryl methyl sites for hydroxylation is 1. The van der Waals surface area contributed by atoms with Crippen LogP contribution in [0.3, 0.4) is 0 Å². The summed E-state index contributed by atoms with van der Waals surface area (Å²) in [4.78, 5) is 30.3. The predicted molar refractivity (Wildman–Crippen MR) is 122 cm³/mol. The molecule has 5 heteroatoms. The van der Waals surface area contributed by atoms with Gasteiger partial charge in [-0.3, -0.25) is 14.5 Å². The van der Waals surface area contributed by atoms with Crippen LogP contribution in [0.4, 0.5) is 5.69 Å². The van der Waals surface area contributed by atoms with Gasteiger partial charge in [-0.2, -0.15) is 0 Å². The summed E-state index contributed by atoms with van der Waals surface area (Å²) in [5, 5.41) is 3.24. The van der Waals surface area contributed by atoms with Crippen molar-refractivity contribution in [2.24, 2.45) is 5.92 Å². The number of hydrogen-bond acceptors (Lipinski definition) is 3. The lowest BCUT2D eigenvalue weighted by molar-refractivity contribution is -0.132. The van der Waals surface area contributed by atoms with E-state index in [0.29, 0.717) is 25.0 Å². The van der Waals surface area contributed by atoms with E-state index < -0.39 is 5.92 Å². The minimum Gasteiger partial charge on any atom is -0.353 e. The van der Waals surface area contributed by atoms with Crippen molar-refractivity contribution in [3.05, 3.63) is 65.7 Å². The summed E-state index contributed by atoms with van der Waals surface area (Å²) >= 11 is 0. The molecule has 3 saturated heterocycles. The summed E-state index contributed by atoms with van der Waals surface area (Å²) < 4.78 is 0. The molecule has 3 aliphatic heterocycles. The van der Waals surface area contributed by atoms with E-state index >= 15 is 0 Å². The smallest absolute Gasteiger partial charge is 0.239 e. The van der Waals surface area contributed by atoms with E-state index in [1.165, 1.54) is 18.4 Å². The highest BCUT2D eigenvalue weighted by molar-refractivity contribution is 6.09. The quantitative estimate of drug-likeness (QED) is 0.756. The third kappa shape index (κ3) is 4.11. The largest absolute Gasteiger partial charge is 0.353 e. The van der Waals surface area contributed by atoms with Crippen LogP contribution in [0.2, 0.25) is 0 Å². The molecule has 2 aromatic rings. The average molecular weight is 418 g/mol. The Balaban J connectivity index is 1.18. The van der Waals surface area contributed by atoms with Crippen LogP contribution in [0, 0.1) is 12.8 Å². The van der Waals surface area contributed by atoms with Gasteiger partial charge in [0.1, 0.15) is 5.92 Å². The monoisotopic (exact) mass is 417 g/mol. The number of nitrogens with zero attached hydrogens (tertiary/aromatic N) is 2. The molecule has 2 aromatic carbocycles. The fourth-order valence-corrected chi connectivity index (χ4v) is 5.65. The first-order valence-electron chi connectivity index (χ1n) is 11.6. The molecule has 5 rings (SSSR count). The van der Waals surface area contributed by atoms with Gasteiger partial charge in [-0.25, -0.2) is 0 Å². The highest BCUT2D eigenvalue weighted by atomic mass is 16.2. The van der Waals surface area contributed by atoms with Gasteiger partial charge < -0.3 is 10.2 Å². The third-order valence-electron chi connectivity index (χ3n) is 7.31. The number of carbonyl (C=O) groups is 2. The van der Waals surface area contributed by atoms with E-state index in [1.54, 1.807) is 4.90 Å². The van der Waals surface area contributed by atoms with Gasteiger partial charge >= 0.3 is 0 Å². The Hall–Kier alpha value is -2.66. The second-order valence-electron chi connectivity index (χ2n) is 9.39. The van der Waals surface area contributed by atoms with Crippen molar-refractivity contribution in [1.82, 2.24) is 10.2 Å². The summed E-state index contributed by atoms with van der Waals surface area (Å²) in [6.45, 7) is 3.63. The van der Waals surface area contributed by atoms with Crippen LogP contribution in [0.1, 0.15) is 43.2 Å². The molecule has 0 spiro atoms. The van der Waals surface area contributed by atoms with E-state index in [0.717, 1.165) is 30.6 Å². The molecule has 162 valence electrons. The van der Waals surface area contributed by atoms with E-state index in [9.17, 15) is 9.59 Å². The highest BCUT2D eigenvalue weighted by Gasteiger charge is 2.43. The van der Waals surface area contributed by atoms with Gasteiger partial charge in [-0.1, -0.05) is 48.0 Å². The normalized spacial score (nSPS) is 28.2. The third-order valence-corrected chi connectivity index (χ3v) is 7.31. The SMILES string of the molecule is Cc1ccc(N2CCC(C(=O)NC3CC4CCC(C3)N4Cc3ccccc3)C2=O)cc1. The number of nitrogens with one attached hydrogen (secondary N) is 1. The Bertz CT molecular complexity index is 929. The minimum atomic E-state index is -0.554. The summed E-state index contributed by atoms with van der Waals surface area (Å²) in [5.41, 5.74) is 3.41. The Morgan fingerprint density at radius 3 is 2.32 bits per heavy atom. The molecule has 2 bridgehead atoms. The summed E-state index contributed by atoms with van der Waals surface area (Å²) in [6, 6.07) is 19.8. The molecule has 2 amide bonds. The zero-order chi connectivity index (χ0) is 21.4. The first-order chi connectivity index (χ1) is 15.1. The Morgan fingerprint density at radius 1 is 0.968 bits per heavy atom. The molecular weight excluding hydrogens is 386 g/mol. The van der Waals surface area contributed by atoms with Crippen molar-refractivity contribution in [2.45, 2.75) is 63.7 Å². The number of carbonyl (C=O) groups excluding carboxylic acids is 2. The highest BCUT2D eigenvalue weighted by Crippen LogP contribution is 2.37. The first-order valence-corrected chi connectivity index (χ1v) is 11.6. The fraction of sp³-hybridized carbons (Fsp3) is 0.462.